The Hall–Kier alpha value is -3.32. The Morgan fingerprint density at radius 2 is 2.04 bits per heavy atom. The Balaban J connectivity index is 1.51. The van der Waals surface area contributed by atoms with Crippen molar-refractivity contribution in [2.75, 3.05) is 0 Å². The topological polar surface area (TPSA) is 57.8 Å². The predicted octanol–water partition coefficient (Wildman–Crippen LogP) is 4.37. The molecule has 2 aromatic carbocycles. The number of para-hydroxylation sites is 1. The minimum absolute atomic E-state index is 0.0782. The van der Waals surface area contributed by atoms with Gasteiger partial charge in [0.05, 0.1) is 18.5 Å². The number of hydrogen-bond acceptors (Lipinski definition) is 2. The largest absolute Gasteiger partial charge is 0.346 e. The first-order valence-electron chi connectivity index (χ1n) is 9.27. The normalized spacial score (nSPS) is 15.7. The lowest BCUT2D eigenvalue weighted by Gasteiger charge is -2.12. The molecule has 0 radical (unpaired) electrons. The average Bonchev–Trinajstić information content (AvgIpc) is 3.26. The quantitative estimate of drug-likeness (QED) is 0.691. The summed E-state index contributed by atoms with van der Waals surface area (Å²) in [5.41, 5.74) is 4.63. The summed E-state index contributed by atoms with van der Waals surface area (Å²) in [6, 6.07) is 18.6. The average molecular weight is 355 g/mol. The molecule has 134 valence electrons. The molecule has 0 saturated carbocycles. The van der Waals surface area contributed by atoms with E-state index in [1.807, 2.05) is 48.7 Å². The Morgan fingerprint density at radius 3 is 2.93 bits per heavy atom. The van der Waals surface area contributed by atoms with Crippen molar-refractivity contribution in [2.24, 2.45) is 0 Å². The third-order valence-corrected chi connectivity index (χ3v) is 5.15. The van der Waals surface area contributed by atoms with Crippen LogP contribution >= 0.6 is 0 Å². The molecule has 0 spiro atoms. The minimum atomic E-state index is -0.0782. The zero-order valence-electron chi connectivity index (χ0n) is 15.1. The number of nitrogens with zero attached hydrogens (tertiary/aromatic N) is 2. The predicted molar refractivity (Wildman–Crippen MR) is 107 cm³/mol. The van der Waals surface area contributed by atoms with Crippen LogP contribution in [0.1, 0.15) is 35.6 Å². The maximum atomic E-state index is 12.4. The Bertz CT molecular complexity index is 1050. The van der Waals surface area contributed by atoms with Crippen LogP contribution in [0.4, 0.5) is 0 Å². The number of aromatic nitrogens is 1. The zero-order chi connectivity index (χ0) is 18.6. The van der Waals surface area contributed by atoms with Crippen molar-refractivity contribution < 1.29 is 4.79 Å². The fourth-order valence-corrected chi connectivity index (χ4v) is 3.86. The van der Waals surface area contributed by atoms with Crippen LogP contribution in [0.5, 0.6) is 0 Å². The number of nitrogens with one attached hydrogen (secondary N) is 1. The molecule has 1 unspecified atom stereocenters. The Labute approximate surface area is 158 Å². The molecule has 1 aliphatic rings. The van der Waals surface area contributed by atoms with E-state index < -0.39 is 0 Å². The van der Waals surface area contributed by atoms with Crippen LogP contribution in [-0.2, 0) is 17.8 Å². The maximum Gasteiger partial charge on any atom is 0.244 e. The Morgan fingerprint density at radius 1 is 1.22 bits per heavy atom. The Kier molecular flexibility index (Phi) is 4.76. The summed E-state index contributed by atoms with van der Waals surface area (Å²) < 4.78 is 2.07. The van der Waals surface area contributed by atoms with E-state index in [9.17, 15) is 4.79 Å². The van der Waals surface area contributed by atoms with Crippen molar-refractivity contribution in [1.82, 2.24) is 9.88 Å². The number of carbonyl (C=O) groups excluding carboxylic acids is 1. The molecule has 1 heterocycles. The van der Waals surface area contributed by atoms with Gasteiger partial charge in [0.15, 0.2) is 0 Å². The molecule has 3 aromatic rings. The number of benzene rings is 2. The van der Waals surface area contributed by atoms with Crippen molar-refractivity contribution in [3.05, 3.63) is 77.5 Å². The van der Waals surface area contributed by atoms with Crippen LogP contribution in [0.3, 0.4) is 0 Å². The second kappa shape index (κ2) is 7.51. The second-order valence-corrected chi connectivity index (χ2v) is 6.84. The van der Waals surface area contributed by atoms with Gasteiger partial charge in [-0.3, -0.25) is 4.79 Å². The monoisotopic (exact) mass is 355 g/mol. The van der Waals surface area contributed by atoms with Crippen LogP contribution in [0.25, 0.3) is 17.0 Å². The first-order valence-corrected chi connectivity index (χ1v) is 9.27. The third-order valence-electron chi connectivity index (χ3n) is 5.15. The summed E-state index contributed by atoms with van der Waals surface area (Å²) in [6.45, 7) is 0.649. The molecular weight excluding hydrogens is 334 g/mol. The lowest BCUT2D eigenvalue weighted by atomic mass is 10.1. The number of fused-ring (bicyclic) bond motifs is 2. The lowest BCUT2D eigenvalue weighted by Crippen LogP contribution is -2.25. The molecule has 1 amide bonds. The number of nitriles is 1. The molecule has 27 heavy (non-hydrogen) atoms. The van der Waals surface area contributed by atoms with Crippen molar-refractivity contribution in [2.45, 2.75) is 31.8 Å². The molecular formula is C23H21N3O. The van der Waals surface area contributed by atoms with Gasteiger partial charge in [-0.1, -0.05) is 42.5 Å². The maximum absolute atomic E-state index is 12.4. The van der Waals surface area contributed by atoms with Crippen LogP contribution in [0.2, 0.25) is 0 Å². The first-order chi connectivity index (χ1) is 13.3. The van der Waals surface area contributed by atoms with Crippen LogP contribution < -0.4 is 5.32 Å². The standard InChI is InChI=1S/C23H21N3O/c24-14-5-15-26-16-18(20-8-3-4-9-22(20)26)11-13-23(27)25-21-12-10-17-6-1-2-7-19(17)21/h1-4,6-9,11,13,16,21H,5,10,12,15H2,(H,25,27)/b13-11+. The molecule has 4 nitrogen and oxygen atoms in total. The van der Waals surface area contributed by atoms with Gasteiger partial charge < -0.3 is 9.88 Å². The molecule has 0 bridgehead atoms. The molecule has 1 aliphatic carbocycles. The number of amides is 1. The minimum Gasteiger partial charge on any atom is -0.346 e. The van der Waals surface area contributed by atoms with Crippen LogP contribution in [0, 0.1) is 11.3 Å². The van der Waals surface area contributed by atoms with Gasteiger partial charge in [0.2, 0.25) is 5.91 Å². The van der Waals surface area contributed by atoms with Crippen molar-refractivity contribution in [3.63, 3.8) is 0 Å². The van der Waals surface area contributed by atoms with Crippen molar-refractivity contribution in [3.8, 4) is 6.07 Å². The molecule has 0 aliphatic heterocycles. The van der Waals surface area contributed by atoms with E-state index in [1.165, 1.54) is 11.1 Å². The molecule has 1 atom stereocenters. The molecule has 0 saturated heterocycles. The van der Waals surface area contributed by atoms with Crippen molar-refractivity contribution >= 4 is 22.9 Å². The summed E-state index contributed by atoms with van der Waals surface area (Å²) in [7, 11) is 0. The number of aryl methyl sites for hydroxylation is 2. The van der Waals surface area contributed by atoms with Gasteiger partial charge in [-0.2, -0.15) is 5.26 Å². The summed E-state index contributed by atoms with van der Waals surface area (Å²) >= 11 is 0. The summed E-state index contributed by atoms with van der Waals surface area (Å²) in [4.78, 5) is 12.4. The SMILES string of the molecule is N#CCCn1cc(/C=C/C(=O)NC2CCc3ccccc32)c2ccccc21. The molecule has 1 N–H and O–H groups in total. The van der Waals surface area contributed by atoms with E-state index in [0.29, 0.717) is 13.0 Å². The molecule has 1 aromatic heterocycles. The van der Waals surface area contributed by atoms with E-state index >= 15 is 0 Å². The highest BCUT2D eigenvalue weighted by Gasteiger charge is 2.22. The molecule has 4 rings (SSSR count). The first kappa shape index (κ1) is 17.1. The van der Waals surface area contributed by atoms with Crippen molar-refractivity contribution in [1.29, 1.82) is 5.26 Å². The summed E-state index contributed by atoms with van der Waals surface area (Å²) in [6.07, 6.45) is 7.91. The van der Waals surface area contributed by atoms with Gasteiger partial charge in [0.25, 0.3) is 0 Å². The van der Waals surface area contributed by atoms with Gasteiger partial charge in [-0.15, -0.1) is 0 Å². The summed E-state index contributed by atoms with van der Waals surface area (Å²) in [5, 5.41) is 13.1. The van der Waals surface area contributed by atoms with E-state index in [2.05, 4.69) is 28.1 Å². The van der Waals surface area contributed by atoms with Gasteiger partial charge in [0.1, 0.15) is 0 Å². The van der Waals surface area contributed by atoms with Gasteiger partial charge in [-0.05, 0) is 36.1 Å². The highest BCUT2D eigenvalue weighted by Crippen LogP contribution is 2.30. The van der Waals surface area contributed by atoms with Crippen LogP contribution in [0.15, 0.2) is 60.8 Å². The number of hydrogen-bond donors (Lipinski definition) is 1. The smallest absolute Gasteiger partial charge is 0.244 e. The highest BCUT2D eigenvalue weighted by molar-refractivity contribution is 5.96. The third kappa shape index (κ3) is 3.50. The molecule has 4 heteroatoms. The lowest BCUT2D eigenvalue weighted by molar-refractivity contribution is -0.117. The van der Waals surface area contributed by atoms with E-state index in [4.69, 9.17) is 5.26 Å². The van der Waals surface area contributed by atoms with Gasteiger partial charge in [0, 0.05) is 35.3 Å². The fourth-order valence-electron chi connectivity index (χ4n) is 3.86. The molecule has 0 fully saturated rings. The second-order valence-electron chi connectivity index (χ2n) is 6.84. The fraction of sp³-hybridized carbons (Fsp3) is 0.217. The van der Waals surface area contributed by atoms with Crippen LogP contribution in [-0.4, -0.2) is 10.5 Å². The number of carbonyl (C=O) groups is 1. The van der Waals surface area contributed by atoms with Gasteiger partial charge >= 0.3 is 0 Å². The highest BCUT2D eigenvalue weighted by atomic mass is 16.1. The summed E-state index contributed by atoms with van der Waals surface area (Å²) in [5.74, 6) is -0.0782. The van der Waals surface area contributed by atoms with E-state index in [1.54, 1.807) is 6.08 Å². The van der Waals surface area contributed by atoms with Gasteiger partial charge in [-0.25, -0.2) is 0 Å². The van der Waals surface area contributed by atoms with E-state index in [-0.39, 0.29) is 11.9 Å². The zero-order valence-corrected chi connectivity index (χ0v) is 15.1. The van der Waals surface area contributed by atoms with E-state index in [0.717, 1.165) is 29.3 Å². The number of rotatable bonds is 5.